The van der Waals surface area contributed by atoms with Crippen LogP contribution in [0.1, 0.15) is 60.4 Å². The molecule has 1 aromatic heterocycles. The highest BCUT2D eigenvalue weighted by atomic mass is 15.3. The van der Waals surface area contributed by atoms with Crippen LogP contribution in [-0.4, -0.2) is 16.3 Å². The number of benzene rings is 1. The van der Waals surface area contributed by atoms with Gasteiger partial charge < -0.3 is 5.32 Å². The highest BCUT2D eigenvalue weighted by molar-refractivity contribution is 5.59. The van der Waals surface area contributed by atoms with Crippen molar-refractivity contribution in [2.45, 2.75) is 58.3 Å². The van der Waals surface area contributed by atoms with E-state index in [-0.39, 0.29) is 0 Å². The van der Waals surface area contributed by atoms with Crippen LogP contribution in [0.4, 0.5) is 5.82 Å². The summed E-state index contributed by atoms with van der Waals surface area (Å²) >= 11 is 0. The lowest BCUT2D eigenvalue weighted by Gasteiger charge is -2.20. The Morgan fingerprint density at radius 1 is 1.14 bits per heavy atom. The molecular formula is C19H25N3. The number of aryl methyl sites for hydroxylation is 1. The van der Waals surface area contributed by atoms with E-state index in [1.54, 1.807) is 0 Å². The third-order valence-corrected chi connectivity index (χ3v) is 5.48. The number of hydrogen-bond acceptors (Lipinski definition) is 2. The van der Waals surface area contributed by atoms with Crippen molar-refractivity contribution in [3.63, 3.8) is 0 Å². The second kappa shape index (κ2) is 5.45. The number of rotatable bonds is 2. The summed E-state index contributed by atoms with van der Waals surface area (Å²) in [6.45, 7) is 5.43. The predicted octanol–water partition coefficient (Wildman–Crippen LogP) is 4.50. The molecule has 1 N–H and O–H groups in total. The van der Waals surface area contributed by atoms with Gasteiger partial charge in [-0.1, -0.05) is 31.4 Å². The van der Waals surface area contributed by atoms with Crippen LogP contribution in [0.2, 0.25) is 0 Å². The van der Waals surface area contributed by atoms with E-state index >= 15 is 0 Å². The van der Waals surface area contributed by atoms with Crippen LogP contribution in [0, 0.1) is 13.8 Å². The Balaban J connectivity index is 1.82. The molecule has 1 aliphatic heterocycles. The molecule has 1 aliphatic carbocycles. The van der Waals surface area contributed by atoms with Gasteiger partial charge in [-0.15, -0.1) is 0 Å². The fourth-order valence-electron chi connectivity index (χ4n) is 4.04. The molecule has 0 amide bonds. The van der Waals surface area contributed by atoms with Crippen LogP contribution in [0.25, 0.3) is 5.69 Å². The van der Waals surface area contributed by atoms with E-state index in [4.69, 9.17) is 5.10 Å². The zero-order valence-electron chi connectivity index (χ0n) is 13.7. The van der Waals surface area contributed by atoms with Gasteiger partial charge in [0.2, 0.25) is 0 Å². The number of fused-ring (bicyclic) bond motifs is 1. The van der Waals surface area contributed by atoms with E-state index in [9.17, 15) is 0 Å². The van der Waals surface area contributed by atoms with Crippen LogP contribution in [-0.2, 0) is 6.42 Å². The summed E-state index contributed by atoms with van der Waals surface area (Å²) in [6, 6.07) is 6.51. The molecule has 0 bridgehead atoms. The van der Waals surface area contributed by atoms with Gasteiger partial charge in [-0.25, -0.2) is 4.68 Å². The molecule has 3 nitrogen and oxygen atoms in total. The summed E-state index contributed by atoms with van der Waals surface area (Å²) in [5.74, 6) is 1.92. The van der Waals surface area contributed by atoms with Gasteiger partial charge in [0.05, 0.1) is 11.4 Å². The maximum atomic E-state index is 5.08. The predicted molar refractivity (Wildman–Crippen MR) is 91.1 cm³/mol. The normalized spacial score (nSPS) is 18.3. The van der Waals surface area contributed by atoms with Crippen LogP contribution in [0.3, 0.4) is 0 Å². The average Bonchev–Trinajstić information content (AvgIpc) is 3.13. The van der Waals surface area contributed by atoms with Gasteiger partial charge in [-0.05, 0) is 50.3 Å². The number of anilines is 1. The topological polar surface area (TPSA) is 29.9 Å². The molecule has 0 unspecified atom stereocenters. The molecule has 2 aromatic rings. The van der Waals surface area contributed by atoms with Crippen LogP contribution >= 0.6 is 0 Å². The molecule has 1 saturated carbocycles. The molecule has 2 aliphatic rings. The minimum atomic E-state index is 0.675. The highest BCUT2D eigenvalue weighted by Gasteiger charge is 2.29. The minimum Gasteiger partial charge on any atom is -0.369 e. The van der Waals surface area contributed by atoms with Gasteiger partial charge in [-0.3, -0.25) is 0 Å². The molecule has 1 aromatic carbocycles. The standard InChI is InChI=1S/C19H25N3/c1-13-7-6-10-17(14(13)2)22-19-16(11-12-20-19)18(21-22)15-8-4-3-5-9-15/h6-7,10,15,20H,3-5,8-9,11-12H2,1-2H3. The quantitative estimate of drug-likeness (QED) is 0.883. The smallest absolute Gasteiger partial charge is 0.133 e. The van der Waals surface area contributed by atoms with Crippen molar-refractivity contribution in [2.24, 2.45) is 0 Å². The summed E-state index contributed by atoms with van der Waals surface area (Å²) in [6.07, 6.45) is 7.89. The Bertz CT molecular complexity index is 693. The van der Waals surface area contributed by atoms with Crippen molar-refractivity contribution in [1.82, 2.24) is 9.78 Å². The number of aromatic nitrogens is 2. The Kier molecular flexibility index (Phi) is 3.44. The maximum Gasteiger partial charge on any atom is 0.133 e. The van der Waals surface area contributed by atoms with E-state index < -0.39 is 0 Å². The van der Waals surface area contributed by atoms with Gasteiger partial charge in [0.25, 0.3) is 0 Å². The fraction of sp³-hybridized carbons (Fsp3) is 0.526. The van der Waals surface area contributed by atoms with Crippen molar-refractivity contribution in [1.29, 1.82) is 0 Å². The molecule has 116 valence electrons. The highest BCUT2D eigenvalue weighted by Crippen LogP contribution is 2.39. The molecule has 0 atom stereocenters. The van der Waals surface area contributed by atoms with Crippen molar-refractivity contribution < 1.29 is 0 Å². The fourth-order valence-corrected chi connectivity index (χ4v) is 4.04. The van der Waals surface area contributed by atoms with E-state index in [2.05, 4.69) is 42.0 Å². The van der Waals surface area contributed by atoms with Crippen molar-refractivity contribution >= 4 is 5.82 Å². The Morgan fingerprint density at radius 2 is 1.95 bits per heavy atom. The monoisotopic (exact) mass is 295 g/mol. The first kappa shape index (κ1) is 13.9. The summed E-state index contributed by atoms with van der Waals surface area (Å²) in [5, 5.41) is 8.66. The van der Waals surface area contributed by atoms with Gasteiger partial charge in [0.1, 0.15) is 5.82 Å². The van der Waals surface area contributed by atoms with E-state index in [1.165, 1.54) is 66.0 Å². The average molecular weight is 295 g/mol. The lowest BCUT2D eigenvalue weighted by Crippen LogP contribution is -2.10. The molecule has 0 radical (unpaired) electrons. The molecule has 1 fully saturated rings. The van der Waals surface area contributed by atoms with Crippen molar-refractivity contribution in [2.75, 3.05) is 11.9 Å². The SMILES string of the molecule is Cc1cccc(-n2nc(C3CCCCC3)c3c2NCC3)c1C. The summed E-state index contributed by atoms with van der Waals surface area (Å²) in [4.78, 5) is 0. The second-order valence-electron chi connectivity index (χ2n) is 6.85. The summed E-state index contributed by atoms with van der Waals surface area (Å²) in [7, 11) is 0. The lowest BCUT2D eigenvalue weighted by molar-refractivity contribution is 0.433. The second-order valence-corrected chi connectivity index (χ2v) is 6.85. The van der Waals surface area contributed by atoms with Crippen LogP contribution < -0.4 is 5.32 Å². The Morgan fingerprint density at radius 3 is 2.77 bits per heavy atom. The first-order chi connectivity index (χ1) is 10.8. The molecule has 2 heterocycles. The third kappa shape index (κ3) is 2.15. The number of hydrogen-bond donors (Lipinski definition) is 1. The van der Waals surface area contributed by atoms with E-state index in [1.807, 2.05) is 0 Å². The van der Waals surface area contributed by atoms with Gasteiger partial charge in [-0.2, -0.15) is 5.10 Å². The zero-order valence-corrected chi connectivity index (χ0v) is 13.7. The first-order valence-electron chi connectivity index (χ1n) is 8.68. The summed E-state index contributed by atoms with van der Waals surface area (Å²) in [5.41, 5.74) is 6.75. The Hall–Kier alpha value is -1.77. The van der Waals surface area contributed by atoms with Gasteiger partial charge >= 0.3 is 0 Å². The molecule has 3 heteroatoms. The van der Waals surface area contributed by atoms with Gasteiger partial charge in [0.15, 0.2) is 0 Å². The zero-order chi connectivity index (χ0) is 15.1. The molecule has 0 saturated heterocycles. The van der Waals surface area contributed by atoms with Crippen molar-refractivity contribution in [3.8, 4) is 5.69 Å². The maximum absolute atomic E-state index is 5.08. The third-order valence-electron chi connectivity index (χ3n) is 5.48. The van der Waals surface area contributed by atoms with E-state index in [0.717, 1.165) is 13.0 Å². The number of nitrogens with one attached hydrogen (secondary N) is 1. The van der Waals surface area contributed by atoms with Crippen LogP contribution in [0.5, 0.6) is 0 Å². The van der Waals surface area contributed by atoms with E-state index in [0.29, 0.717) is 5.92 Å². The first-order valence-corrected chi connectivity index (χ1v) is 8.68. The van der Waals surface area contributed by atoms with Gasteiger partial charge in [0, 0.05) is 18.0 Å². The van der Waals surface area contributed by atoms with Crippen molar-refractivity contribution in [3.05, 3.63) is 40.6 Å². The molecular weight excluding hydrogens is 270 g/mol. The summed E-state index contributed by atoms with van der Waals surface area (Å²) < 4.78 is 2.18. The molecule has 0 spiro atoms. The largest absolute Gasteiger partial charge is 0.369 e. The Labute approximate surface area is 132 Å². The molecule has 4 rings (SSSR count). The minimum absolute atomic E-state index is 0.675. The number of nitrogens with zero attached hydrogens (tertiary/aromatic N) is 2. The van der Waals surface area contributed by atoms with Crippen LogP contribution in [0.15, 0.2) is 18.2 Å². The molecule has 22 heavy (non-hydrogen) atoms. The lowest BCUT2D eigenvalue weighted by atomic mass is 9.85.